The molecule has 0 radical (unpaired) electrons. The Kier molecular flexibility index (Phi) is 4.24. The van der Waals surface area contributed by atoms with Gasteiger partial charge in [-0.15, -0.1) is 0 Å². The first-order chi connectivity index (χ1) is 11.2. The molecule has 2 aromatic carbocycles. The van der Waals surface area contributed by atoms with Gasteiger partial charge in [0, 0.05) is 17.0 Å². The third-order valence-electron chi connectivity index (χ3n) is 3.60. The fourth-order valence-electron chi connectivity index (χ4n) is 2.50. The van der Waals surface area contributed by atoms with Crippen molar-refractivity contribution in [1.29, 1.82) is 0 Å². The third kappa shape index (κ3) is 3.01. The van der Waals surface area contributed by atoms with Crippen molar-refractivity contribution in [2.75, 3.05) is 6.61 Å². The maximum absolute atomic E-state index is 11.7. The highest BCUT2D eigenvalue weighted by Crippen LogP contribution is 2.31. The van der Waals surface area contributed by atoms with Crippen molar-refractivity contribution < 1.29 is 9.53 Å². The topological polar surface area (TPSA) is 65.2 Å². The van der Waals surface area contributed by atoms with Gasteiger partial charge in [-0.05, 0) is 18.6 Å². The number of fused-ring (bicyclic) bond motifs is 1. The molecule has 116 valence electrons. The molecule has 23 heavy (non-hydrogen) atoms. The number of hydrogen-bond acceptors (Lipinski definition) is 3. The van der Waals surface area contributed by atoms with Gasteiger partial charge in [-0.25, -0.2) is 4.98 Å². The average molecular weight is 306 g/mol. The van der Waals surface area contributed by atoms with Crippen LogP contribution in [0.1, 0.15) is 23.7 Å². The van der Waals surface area contributed by atoms with Gasteiger partial charge in [0.1, 0.15) is 5.75 Å². The Bertz CT molecular complexity index is 845. The van der Waals surface area contributed by atoms with Gasteiger partial charge >= 0.3 is 0 Å². The normalized spacial score (nSPS) is 10.7. The monoisotopic (exact) mass is 306 g/mol. The summed E-state index contributed by atoms with van der Waals surface area (Å²) >= 11 is 0. The molecule has 1 amide bonds. The van der Waals surface area contributed by atoms with Gasteiger partial charge in [-0.3, -0.25) is 4.79 Å². The average Bonchev–Trinajstić information content (AvgIpc) is 2.59. The van der Waals surface area contributed by atoms with Gasteiger partial charge in [-0.2, -0.15) is 0 Å². The van der Waals surface area contributed by atoms with Crippen LogP contribution in [0.2, 0.25) is 0 Å². The first kappa shape index (κ1) is 15.0. The minimum atomic E-state index is -0.491. The van der Waals surface area contributed by atoms with E-state index in [2.05, 4.69) is 11.9 Å². The number of hydrogen-bond donors (Lipinski definition) is 1. The molecule has 0 unspecified atom stereocenters. The van der Waals surface area contributed by atoms with Crippen molar-refractivity contribution in [2.45, 2.75) is 13.3 Å². The van der Waals surface area contributed by atoms with Gasteiger partial charge in [0.05, 0.1) is 23.4 Å². The number of nitrogens with two attached hydrogens (primary N) is 1. The molecular weight excluding hydrogens is 288 g/mol. The van der Waals surface area contributed by atoms with Crippen LogP contribution in [0.15, 0.2) is 54.6 Å². The van der Waals surface area contributed by atoms with Gasteiger partial charge in [-0.1, -0.05) is 43.3 Å². The van der Waals surface area contributed by atoms with Gasteiger partial charge in [0.25, 0.3) is 5.91 Å². The van der Waals surface area contributed by atoms with Crippen LogP contribution in [0.5, 0.6) is 5.75 Å². The molecule has 4 heteroatoms. The zero-order chi connectivity index (χ0) is 16.2. The summed E-state index contributed by atoms with van der Waals surface area (Å²) in [7, 11) is 0. The van der Waals surface area contributed by atoms with Crippen LogP contribution in [0, 0.1) is 0 Å². The molecule has 0 spiro atoms. The van der Waals surface area contributed by atoms with E-state index < -0.39 is 5.91 Å². The van der Waals surface area contributed by atoms with E-state index in [4.69, 9.17) is 10.5 Å². The molecule has 0 saturated carbocycles. The van der Waals surface area contributed by atoms with E-state index in [1.165, 1.54) is 0 Å². The predicted octanol–water partition coefficient (Wildman–Crippen LogP) is 3.79. The van der Waals surface area contributed by atoms with Crippen LogP contribution in [-0.4, -0.2) is 17.5 Å². The molecule has 1 heterocycles. The Hall–Kier alpha value is -2.88. The van der Waals surface area contributed by atoms with E-state index in [0.717, 1.165) is 28.8 Å². The number of nitrogens with zero attached hydrogens (tertiary/aromatic N) is 1. The molecule has 0 saturated heterocycles. The minimum Gasteiger partial charge on any atom is -0.493 e. The summed E-state index contributed by atoms with van der Waals surface area (Å²) in [5.74, 6) is 0.230. The van der Waals surface area contributed by atoms with Gasteiger partial charge in [0.15, 0.2) is 0 Å². The second-order valence-corrected chi connectivity index (χ2v) is 5.29. The van der Waals surface area contributed by atoms with Crippen LogP contribution >= 0.6 is 0 Å². The highest BCUT2D eigenvalue weighted by atomic mass is 16.5. The second kappa shape index (κ2) is 6.48. The third-order valence-corrected chi connectivity index (χ3v) is 3.60. The maximum Gasteiger partial charge on any atom is 0.250 e. The number of pyridine rings is 1. The number of primary amides is 1. The fraction of sp³-hybridized carbons (Fsp3) is 0.158. The SMILES string of the molecule is CCCOc1cc(-c2ccccc2)nc2c(C(N)=O)cccc12. The zero-order valence-corrected chi connectivity index (χ0v) is 13.0. The summed E-state index contributed by atoms with van der Waals surface area (Å²) in [5, 5.41) is 0.800. The molecule has 0 aliphatic rings. The van der Waals surface area contributed by atoms with Crippen LogP contribution in [0.3, 0.4) is 0 Å². The Morgan fingerprint density at radius 3 is 2.61 bits per heavy atom. The largest absolute Gasteiger partial charge is 0.493 e. The molecular formula is C19H18N2O2. The summed E-state index contributed by atoms with van der Waals surface area (Å²) in [5.41, 5.74) is 8.21. The van der Waals surface area contributed by atoms with E-state index >= 15 is 0 Å². The lowest BCUT2D eigenvalue weighted by Gasteiger charge is -2.12. The number of carbonyl (C=O) groups excluding carboxylic acids is 1. The number of benzene rings is 2. The molecule has 0 aliphatic carbocycles. The summed E-state index contributed by atoms with van der Waals surface area (Å²) in [4.78, 5) is 16.4. The van der Waals surface area contributed by atoms with E-state index in [0.29, 0.717) is 17.7 Å². The first-order valence-electron chi connectivity index (χ1n) is 7.62. The van der Waals surface area contributed by atoms with E-state index in [1.54, 1.807) is 12.1 Å². The minimum absolute atomic E-state index is 0.404. The lowest BCUT2D eigenvalue weighted by atomic mass is 10.1. The highest BCUT2D eigenvalue weighted by molar-refractivity contribution is 6.06. The van der Waals surface area contributed by atoms with Crippen LogP contribution < -0.4 is 10.5 Å². The number of carbonyl (C=O) groups is 1. The van der Waals surface area contributed by atoms with E-state index in [-0.39, 0.29) is 0 Å². The van der Waals surface area contributed by atoms with Crippen molar-refractivity contribution in [3.63, 3.8) is 0 Å². The molecule has 4 nitrogen and oxygen atoms in total. The molecule has 3 rings (SSSR count). The number of rotatable bonds is 5. The predicted molar refractivity (Wildman–Crippen MR) is 91.5 cm³/mol. The standard InChI is InChI=1S/C19H18N2O2/c1-2-11-23-17-12-16(13-7-4-3-5-8-13)21-18-14(17)9-6-10-15(18)19(20)22/h3-10,12H,2,11H2,1H3,(H2,20,22). The lowest BCUT2D eigenvalue weighted by molar-refractivity contribution is 0.100. The van der Waals surface area contributed by atoms with Crippen LogP contribution in [-0.2, 0) is 0 Å². The molecule has 3 aromatic rings. The molecule has 1 aromatic heterocycles. The van der Waals surface area contributed by atoms with Crippen LogP contribution in [0.25, 0.3) is 22.2 Å². The Morgan fingerprint density at radius 1 is 1.13 bits per heavy atom. The highest BCUT2D eigenvalue weighted by Gasteiger charge is 2.14. The Labute approximate surface area is 134 Å². The molecule has 0 atom stereocenters. The quantitative estimate of drug-likeness (QED) is 0.780. The molecule has 0 fully saturated rings. The van der Waals surface area contributed by atoms with E-state index in [1.807, 2.05) is 42.5 Å². The lowest BCUT2D eigenvalue weighted by Crippen LogP contribution is -2.12. The van der Waals surface area contributed by atoms with Crippen molar-refractivity contribution >= 4 is 16.8 Å². The Balaban J connectivity index is 2.26. The van der Waals surface area contributed by atoms with Crippen molar-refractivity contribution in [3.8, 4) is 17.0 Å². The molecule has 0 aliphatic heterocycles. The second-order valence-electron chi connectivity index (χ2n) is 5.29. The summed E-state index contributed by atoms with van der Waals surface area (Å²) in [6, 6.07) is 17.1. The van der Waals surface area contributed by atoms with Gasteiger partial charge in [0.2, 0.25) is 0 Å². The number of ether oxygens (including phenoxy) is 1. The first-order valence-corrected chi connectivity index (χ1v) is 7.62. The zero-order valence-electron chi connectivity index (χ0n) is 13.0. The van der Waals surface area contributed by atoms with Crippen LogP contribution in [0.4, 0.5) is 0 Å². The summed E-state index contributed by atoms with van der Waals surface area (Å²) in [6.07, 6.45) is 0.903. The smallest absolute Gasteiger partial charge is 0.250 e. The van der Waals surface area contributed by atoms with Crippen molar-refractivity contribution in [3.05, 3.63) is 60.2 Å². The van der Waals surface area contributed by atoms with E-state index in [9.17, 15) is 4.79 Å². The number of para-hydroxylation sites is 1. The molecule has 2 N–H and O–H groups in total. The summed E-state index contributed by atoms with van der Waals surface area (Å²) in [6.45, 7) is 2.66. The fourth-order valence-corrected chi connectivity index (χ4v) is 2.50. The Morgan fingerprint density at radius 2 is 1.91 bits per heavy atom. The summed E-state index contributed by atoms with van der Waals surface area (Å²) < 4.78 is 5.87. The van der Waals surface area contributed by atoms with Crippen molar-refractivity contribution in [1.82, 2.24) is 4.98 Å². The number of aromatic nitrogens is 1. The molecule has 0 bridgehead atoms. The number of amides is 1. The maximum atomic E-state index is 11.7. The van der Waals surface area contributed by atoms with Gasteiger partial charge < -0.3 is 10.5 Å². The van der Waals surface area contributed by atoms with Crippen molar-refractivity contribution in [2.24, 2.45) is 5.73 Å².